The van der Waals surface area contributed by atoms with Crippen molar-refractivity contribution in [2.45, 2.75) is 84.8 Å². The number of fused-ring (bicyclic) bond motifs is 1. The highest BCUT2D eigenvalue weighted by Gasteiger charge is 2.41. The van der Waals surface area contributed by atoms with Crippen molar-refractivity contribution in [3.05, 3.63) is 67.8 Å². The summed E-state index contributed by atoms with van der Waals surface area (Å²) in [6.45, 7) is 19.5. The summed E-state index contributed by atoms with van der Waals surface area (Å²) < 4.78 is 6.83. The van der Waals surface area contributed by atoms with E-state index in [1.54, 1.807) is 0 Å². The fraction of sp³-hybridized carbons (Fsp3) is 0.588. The van der Waals surface area contributed by atoms with Crippen molar-refractivity contribution in [1.29, 1.82) is 0 Å². The molecule has 3 aliphatic rings. The SMILES string of the molecule is CCc1ccc(C(C)(C)C2=C(C(OO)C(C)(C)C)c3ccc(I)cc3C2)cc1N1CCC(N2CCOCC2)CC1. The molecule has 6 heteroatoms. The number of ether oxygens (including phenoxy) is 1. The van der Waals surface area contributed by atoms with E-state index in [4.69, 9.17) is 9.62 Å². The minimum absolute atomic E-state index is 0.227. The van der Waals surface area contributed by atoms with Gasteiger partial charge in [-0.2, -0.15) is 0 Å². The predicted octanol–water partition coefficient (Wildman–Crippen LogP) is 7.35. The Morgan fingerprint density at radius 2 is 1.70 bits per heavy atom. The maximum absolute atomic E-state index is 10.2. The van der Waals surface area contributed by atoms with E-state index in [1.165, 1.54) is 49.9 Å². The molecule has 0 amide bonds. The standard InChI is InChI=1S/C34H47IN2O3/c1-7-23-8-9-25(22-30(23)37-14-12-27(13-15-37)36-16-18-39-19-17-36)34(5,6)29-21-24-20-26(35)10-11-28(24)31(29)32(40-38)33(2,3)4/h8-11,20,22,27,32,38H,7,12-19,21H2,1-6H3. The normalized spacial score (nSPS) is 20.2. The Hall–Kier alpha value is -1.45. The fourth-order valence-corrected chi connectivity index (χ4v) is 7.61. The summed E-state index contributed by atoms with van der Waals surface area (Å²) in [6.07, 6.45) is 3.92. The second kappa shape index (κ2) is 12.0. The van der Waals surface area contributed by atoms with Gasteiger partial charge < -0.3 is 9.64 Å². The summed E-state index contributed by atoms with van der Waals surface area (Å²) in [5, 5.41) is 10.2. The van der Waals surface area contributed by atoms with Crippen LogP contribution in [0.5, 0.6) is 0 Å². The number of rotatable bonds is 7. The third-order valence-corrected chi connectivity index (χ3v) is 10.2. The summed E-state index contributed by atoms with van der Waals surface area (Å²) in [5.74, 6) is 0. The minimum atomic E-state index is -0.406. The Kier molecular flexibility index (Phi) is 9.04. The van der Waals surface area contributed by atoms with Gasteiger partial charge in [0.2, 0.25) is 0 Å². The Morgan fingerprint density at radius 1 is 1.00 bits per heavy atom. The van der Waals surface area contributed by atoms with Crippen molar-refractivity contribution in [1.82, 2.24) is 4.90 Å². The molecule has 0 radical (unpaired) electrons. The van der Waals surface area contributed by atoms with Crippen LogP contribution in [0.4, 0.5) is 5.69 Å². The first-order chi connectivity index (χ1) is 19.0. The lowest BCUT2D eigenvalue weighted by Crippen LogP contribution is -2.49. The van der Waals surface area contributed by atoms with E-state index in [0.717, 1.165) is 57.8 Å². The highest BCUT2D eigenvalue weighted by atomic mass is 127. The van der Waals surface area contributed by atoms with Crippen molar-refractivity contribution >= 4 is 33.9 Å². The van der Waals surface area contributed by atoms with Crippen LogP contribution in [0.25, 0.3) is 5.57 Å². The van der Waals surface area contributed by atoms with E-state index in [0.29, 0.717) is 6.04 Å². The van der Waals surface area contributed by atoms with Gasteiger partial charge in [0.15, 0.2) is 0 Å². The van der Waals surface area contributed by atoms with E-state index in [1.807, 2.05) is 0 Å². The zero-order valence-electron chi connectivity index (χ0n) is 25.2. The van der Waals surface area contributed by atoms with Gasteiger partial charge in [-0.3, -0.25) is 10.2 Å². The number of hydrogen-bond acceptors (Lipinski definition) is 5. The van der Waals surface area contributed by atoms with Crippen molar-refractivity contribution < 1.29 is 14.9 Å². The van der Waals surface area contributed by atoms with Gasteiger partial charge in [0.1, 0.15) is 6.10 Å². The summed E-state index contributed by atoms with van der Waals surface area (Å²) >= 11 is 2.40. The Morgan fingerprint density at radius 3 is 2.33 bits per heavy atom. The van der Waals surface area contributed by atoms with Gasteiger partial charge in [0, 0.05) is 46.9 Å². The molecular weight excluding hydrogens is 611 g/mol. The van der Waals surface area contributed by atoms with Gasteiger partial charge in [-0.25, -0.2) is 4.89 Å². The van der Waals surface area contributed by atoms with Gasteiger partial charge in [0.05, 0.1) is 13.2 Å². The first kappa shape index (κ1) is 30.0. The lowest BCUT2D eigenvalue weighted by molar-refractivity contribution is -0.282. The van der Waals surface area contributed by atoms with Crippen LogP contribution in [0.3, 0.4) is 0 Å². The van der Waals surface area contributed by atoms with Crippen LogP contribution in [-0.4, -0.2) is 61.7 Å². The van der Waals surface area contributed by atoms with Crippen LogP contribution < -0.4 is 4.90 Å². The zero-order chi connectivity index (χ0) is 28.7. The largest absolute Gasteiger partial charge is 0.379 e. The monoisotopic (exact) mass is 658 g/mol. The van der Waals surface area contributed by atoms with Crippen LogP contribution >= 0.6 is 22.6 Å². The number of benzene rings is 2. The van der Waals surface area contributed by atoms with Crippen molar-refractivity contribution in [2.24, 2.45) is 5.41 Å². The molecule has 2 aliphatic heterocycles. The Bertz CT molecular complexity index is 1230. The van der Waals surface area contributed by atoms with Crippen molar-refractivity contribution in [2.75, 3.05) is 44.3 Å². The first-order valence-electron chi connectivity index (χ1n) is 15.1. The molecule has 0 bridgehead atoms. The number of halogens is 1. The van der Waals surface area contributed by atoms with E-state index in [-0.39, 0.29) is 10.8 Å². The van der Waals surface area contributed by atoms with Crippen molar-refractivity contribution in [3.8, 4) is 0 Å². The van der Waals surface area contributed by atoms with E-state index in [2.05, 4.69) is 110 Å². The molecule has 0 spiro atoms. The molecule has 2 heterocycles. The molecular formula is C34H47IN2O3. The Labute approximate surface area is 255 Å². The molecule has 2 saturated heterocycles. The number of nitrogens with zero attached hydrogens (tertiary/aromatic N) is 2. The number of hydrogen-bond donors (Lipinski definition) is 1. The number of morpholine rings is 1. The van der Waals surface area contributed by atoms with E-state index < -0.39 is 6.10 Å². The molecule has 5 nitrogen and oxygen atoms in total. The summed E-state index contributed by atoms with van der Waals surface area (Å²) in [4.78, 5) is 10.6. The van der Waals surface area contributed by atoms with Crippen LogP contribution in [0.1, 0.15) is 76.6 Å². The minimum Gasteiger partial charge on any atom is -0.379 e. The van der Waals surface area contributed by atoms with E-state index >= 15 is 0 Å². The van der Waals surface area contributed by atoms with Gasteiger partial charge in [-0.1, -0.05) is 59.7 Å². The average molecular weight is 659 g/mol. The predicted molar refractivity (Wildman–Crippen MR) is 173 cm³/mol. The van der Waals surface area contributed by atoms with E-state index in [9.17, 15) is 5.26 Å². The first-order valence-corrected chi connectivity index (χ1v) is 16.1. The number of allylic oxidation sites excluding steroid dienone is 1. The molecule has 1 N–H and O–H groups in total. The van der Waals surface area contributed by atoms with Gasteiger partial charge in [-0.15, -0.1) is 0 Å². The van der Waals surface area contributed by atoms with Crippen LogP contribution in [0, 0.1) is 8.99 Å². The topological polar surface area (TPSA) is 45.2 Å². The zero-order valence-corrected chi connectivity index (χ0v) is 27.4. The number of piperidine rings is 1. The lowest BCUT2D eigenvalue weighted by Gasteiger charge is -2.41. The van der Waals surface area contributed by atoms with Crippen molar-refractivity contribution in [3.63, 3.8) is 0 Å². The third kappa shape index (κ3) is 5.89. The Balaban J connectivity index is 1.49. The molecule has 2 aromatic carbocycles. The second-order valence-corrected chi connectivity index (χ2v) is 14.7. The number of aryl methyl sites for hydroxylation is 1. The molecule has 2 aromatic rings. The van der Waals surface area contributed by atoms with Crippen LogP contribution in [-0.2, 0) is 27.9 Å². The summed E-state index contributed by atoms with van der Waals surface area (Å²) in [7, 11) is 0. The third-order valence-electron chi connectivity index (χ3n) is 9.51. The van der Waals surface area contributed by atoms with Crippen LogP contribution in [0.2, 0.25) is 0 Å². The van der Waals surface area contributed by atoms with Gasteiger partial charge >= 0.3 is 0 Å². The second-order valence-electron chi connectivity index (χ2n) is 13.4. The molecule has 1 atom stereocenters. The molecule has 5 rings (SSSR count). The molecule has 218 valence electrons. The smallest absolute Gasteiger partial charge is 0.123 e. The number of anilines is 1. The molecule has 40 heavy (non-hydrogen) atoms. The van der Waals surface area contributed by atoms with Gasteiger partial charge in [0.25, 0.3) is 0 Å². The maximum Gasteiger partial charge on any atom is 0.123 e. The molecule has 1 unspecified atom stereocenters. The molecule has 1 aliphatic carbocycles. The highest BCUT2D eigenvalue weighted by molar-refractivity contribution is 14.1. The quantitative estimate of drug-likeness (QED) is 0.192. The molecule has 0 aromatic heterocycles. The highest BCUT2D eigenvalue weighted by Crippen LogP contribution is 2.49. The lowest BCUT2D eigenvalue weighted by atomic mass is 9.72. The van der Waals surface area contributed by atoms with Gasteiger partial charge in [-0.05, 0) is 105 Å². The van der Waals surface area contributed by atoms with Crippen LogP contribution in [0.15, 0.2) is 42.0 Å². The molecule has 0 saturated carbocycles. The maximum atomic E-state index is 10.2. The molecule has 2 fully saturated rings. The summed E-state index contributed by atoms with van der Waals surface area (Å²) in [5.41, 5.74) is 8.71. The fourth-order valence-electron chi connectivity index (χ4n) is 7.06. The summed E-state index contributed by atoms with van der Waals surface area (Å²) in [6, 6.07) is 14.5. The average Bonchev–Trinajstić information content (AvgIpc) is 3.31.